The molecular weight excluding hydrogens is 424 g/mol. The Kier molecular flexibility index (Phi) is 7.11. The molecule has 4 heteroatoms. The maximum absolute atomic E-state index is 13.9. The number of ether oxygens (including phenoxy) is 3. The molecule has 0 aliphatic heterocycles. The van der Waals surface area contributed by atoms with Crippen molar-refractivity contribution >= 4 is 5.97 Å². The van der Waals surface area contributed by atoms with Gasteiger partial charge in [-0.15, -0.1) is 0 Å². The zero-order valence-corrected chi connectivity index (χ0v) is 21.8. The lowest BCUT2D eigenvalue weighted by Crippen LogP contribution is -2.23. The van der Waals surface area contributed by atoms with E-state index >= 15 is 0 Å². The standard InChI is InChI=1S/C30H36O4/c1-19-15-16-24(33-9)26(25(19)20-13-11-10-12-14-20)28(31)34-27-22(29(2,3)4)17-21(32-8)18-23(27)30(5,6)7/h10-18H,1-9H3. The van der Waals surface area contributed by atoms with Crippen molar-refractivity contribution in [2.45, 2.75) is 59.3 Å². The van der Waals surface area contributed by atoms with Crippen LogP contribution in [-0.4, -0.2) is 20.2 Å². The van der Waals surface area contributed by atoms with Gasteiger partial charge in [-0.25, -0.2) is 4.79 Å². The first kappa shape index (κ1) is 25.4. The van der Waals surface area contributed by atoms with Crippen molar-refractivity contribution in [3.05, 3.63) is 76.9 Å². The van der Waals surface area contributed by atoms with Crippen LogP contribution in [0.25, 0.3) is 11.1 Å². The maximum Gasteiger partial charge on any atom is 0.347 e. The van der Waals surface area contributed by atoms with Gasteiger partial charge in [-0.3, -0.25) is 0 Å². The number of methoxy groups -OCH3 is 2. The van der Waals surface area contributed by atoms with Crippen LogP contribution >= 0.6 is 0 Å². The van der Waals surface area contributed by atoms with Gasteiger partial charge in [0, 0.05) is 16.7 Å². The first-order valence-electron chi connectivity index (χ1n) is 11.6. The lowest BCUT2D eigenvalue weighted by atomic mass is 9.79. The molecule has 0 atom stereocenters. The number of esters is 1. The highest BCUT2D eigenvalue weighted by molar-refractivity contribution is 6.02. The van der Waals surface area contributed by atoms with E-state index in [-0.39, 0.29) is 10.8 Å². The topological polar surface area (TPSA) is 44.8 Å². The molecule has 0 saturated carbocycles. The van der Waals surface area contributed by atoms with Crippen molar-refractivity contribution < 1.29 is 19.0 Å². The normalized spacial score (nSPS) is 11.8. The number of benzene rings is 3. The van der Waals surface area contributed by atoms with E-state index in [0.717, 1.165) is 33.6 Å². The Labute approximate surface area is 203 Å². The van der Waals surface area contributed by atoms with Crippen LogP contribution in [0.1, 0.15) is 68.6 Å². The average Bonchev–Trinajstić information content (AvgIpc) is 2.77. The summed E-state index contributed by atoms with van der Waals surface area (Å²) in [4.78, 5) is 13.9. The summed E-state index contributed by atoms with van der Waals surface area (Å²) in [5.74, 6) is 1.36. The lowest BCUT2D eigenvalue weighted by molar-refractivity contribution is 0.0726. The van der Waals surface area contributed by atoms with Gasteiger partial charge in [-0.2, -0.15) is 0 Å². The Morgan fingerprint density at radius 1 is 0.765 bits per heavy atom. The Balaban J connectivity index is 2.26. The molecule has 3 aromatic carbocycles. The minimum Gasteiger partial charge on any atom is -0.497 e. The monoisotopic (exact) mass is 460 g/mol. The Bertz CT molecular complexity index is 1140. The van der Waals surface area contributed by atoms with Crippen molar-refractivity contribution in [3.8, 4) is 28.4 Å². The molecule has 0 radical (unpaired) electrons. The smallest absolute Gasteiger partial charge is 0.347 e. The zero-order valence-electron chi connectivity index (χ0n) is 21.8. The van der Waals surface area contributed by atoms with Crippen LogP contribution < -0.4 is 14.2 Å². The van der Waals surface area contributed by atoms with Crippen LogP contribution in [0.2, 0.25) is 0 Å². The summed E-state index contributed by atoms with van der Waals surface area (Å²) in [7, 11) is 3.23. The molecule has 0 amide bonds. The van der Waals surface area contributed by atoms with Gasteiger partial charge in [0.1, 0.15) is 22.8 Å². The quantitative estimate of drug-likeness (QED) is 0.292. The molecule has 0 aliphatic rings. The molecule has 3 rings (SSSR count). The molecule has 0 spiro atoms. The number of aryl methyl sites for hydroxylation is 1. The van der Waals surface area contributed by atoms with Crippen LogP contribution in [0.15, 0.2) is 54.6 Å². The minimum atomic E-state index is -0.444. The summed E-state index contributed by atoms with van der Waals surface area (Å²) in [6, 6.07) is 17.6. The Morgan fingerprint density at radius 3 is 1.79 bits per heavy atom. The fourth-order valence-electron chi connectivity index (χ4n) is 4.13. The predicted molar refractivity (Wildman–Crippen MR) is 139 cm³/mol. The van der Waals surface area contributed by atoms with Crippen LogP contribution in [0.3, 0.4) is 0 Å². The number of carbonyl (C=O) groups excluding carboxylic acids is 1. The number of rotatable bonds is 5. The summed E-state index contributed by atoms with van der Waals surface area (Å²) in [6.07, 6.45) is 0. The Hall–Kier alpha value is -3.27. The van der Waals surface area contributed by atoms with Gasteiger partial charge in [-0.1, -0.05) is 77.9 Å². The van der Waals surface area contributed by atoms with E-state index in [4.69, 9.17) is 14.2 Å². The molecule has 0 aliphatic carbocycles. The van der Waals surface area contributed by atoms with Gasteiger partial charge >= 0.3 is 5.97 Å². The second-order valence-corrected chi connectivity index (χ2v) is 10.6. The van der Waals surface area contributed by atoms with Gasteiger partial charge in [0.15, 0.2) is 0 Å². The van der Waals surface area contributed by atoms with E-state index in [2.05, 4.69) is 41.5 Å². The maximum atomic E-state index is 13.9. The molecule has 0 unspecified atom stereocenters. The minimum absolute atomic E-state index is 0.275. The molecule has 0 aromatic heterocycles. The molecular formula is C30H36O4. The third-order valence-corrected chi connectivity index (χ3v) is 5.97. The molecule has 0 bridgehead atoms. The van der Waals surface area contributed by atoms with Gasteiger partial charge in [0.05, 0.1) is 14.2 Å². The molecule has 0 saturated heterocycles. The van der Waals surface area contributed by atoms with Crippen molar-refractivity contribution in [1.82, 2.24) is 0 Å². The molecule has 180 valence electrons. The van der Waals surface area contributed by atoms with E-state index < -0.39 is 5.97 Å². The van der Waals surface area contributed by atoms with Crippen molar-refractivity contribution in [3.63, 3.8) is 0 Å². The summed E-state index contributed by atoms with van der Waals surface area (Å²) in [6.45, 7) is 14.6. The third kappa shape index (κ3) is 5.11. The highest BCUT2D eigenvalue weighted by Crippen LogP contribution is 2.44. The highest BCUT2D eigenvalue weighted by atomic mass is 16.5. The number of hydrogen-bond donors (Lipinski definition) is 0. The molecule has 0 fully saturated rings. The fourth-order valence-corrected chi connectivity index (χ4v) is 4.13. The van der Waals surface area contributed by atoms with Crippen molar-refractivity contribution in [2.75, 3.05) is 14.2 Å². The van der Waals surface area contributed by atoms with Gasteiger partial charge < -0.3 is 14.2 Å². The van der Waals surface area contributed by atoms with Crippen molar-refractivity contribution in [2.24, 2.45) is 0 Å². The highest BCUT2D eigenvalue weighted by Gasteiger charge is 2.31. The third-order valence-electron chi connectivity index (χ3n) is 5.97. The first-order valence-corrected chi connectivity index (χ1v) is 11.6. The second-order valence-electron chi connectivity index (χ2n) is 10.6. The van der Waals surface area contributed by atoms with Crippen molar-refractivity contribution in [1.29, 1.82) is 0 Å². The first-order chi connectivity index (χ1) is 15.9. The number of hydrogen-bond acceptors (Lipinski definition) is 4. The van der Waals surface area contributed by atoms with E-state index in [9.17, 15) is 4.79 Å². The van der Waals surface area contributed by atoms with Crippen LogP contribution in [-0.2, 0) is 10.8 Å². The molecule has 34 heavy (non-hydrogen) atoms. The average molecular weight is 461 g/mol. The molecule has 4 nitrogen and oxygen atoms in total. The zero-order chi connectivity index (χ0) is 25.3. The van der Waals surface area contributed by atoms with E-state index in [0.29, 0.717) is 17.1 Å². The summed E-state index contributed by atoms with van der Waals surface area (Å²) in [5.41, 5.74) is 4.42. The van der Waals surface area contributed by atoms with Crippen LogP contribution in [0, 0.1) is 6.92 Å². The van der Waals surface area contributed by atoms with Crippen LogP contribution in [0.4, 0.5) is 0 Å². The summed E-state index contributed by atoms with van der Waals surface area (Å²) >= 11 is 0. The molecule has 0 heterocycles. The number of carbonyl (C=O) groups is 1. The van der Waals surface area contributed by atoms with E-state index in [1.165, 1.54) is 0 Å². The second kappa shape index (κ2) is 9.54. The summed E-state index contributed by atoms with van der Waals surface area (Å²) in [5, 5.41) is 0. The summed E-state index contributed by atoms with van der Waals surface area (Å²) < 4.78 is 17.5. The van der Waals surface area contributed by atoms with E-state index in [1.807, 2.05) is 61.5 Å². The largest absolute Gasteiger partial charge is 0.497 e. The fraction of sp³-hybridized carbons (Fsp3) is 0.367. The predicted octanol–water partition coefficient (Wildman–Crippen LogP) is 7.49. The lowest BCUT2D eigenvalue weighted by Gasteiger charge is -2.30. The molecule has 0 N–H and O–H groups in total. The van der Waals surface area contributed by atoms with Crippen LogP contribution in [0.5, 0.6) is 17.2 Å². The van der Waals surface area contributed by atoms with E-state index in [1.54, 1.807) is 14.2 Å². The molecule has 3 aromatic rings. The van der Waals surface area contributed by atoms with Gasteiger partial charge in [0.25, 0.3) is 0 Å². The Morgan fingerprint density at radius 2 is 1.32 bits per heavy atom. The SMILES string of the molecule is COc1cc(C(C)(C)C)c(OC(=O)c2c(OC)ccc(C)c2-c2ccccc2)c(C(C)(C)C)c1. The van der Waals surface area contributed by atoms with Gasteiger partial charge in [0.2, 0.25) is 0 Å². The van der Waals surface area contributed by atoms with Gasteiger partial charge in [-0.05, 0) is 47.1 Å².